The average molecular weight is 343 g/mol. The van der Waals surface area contributed by atoms with Crippen LogP contribution in [0.4, 0.5) is 5.13 Å². The fourth-order valence-electron chi connectivity index (χ4n) is 3.21. The highest BCUT2D eigenvalue weighted by molar-refractivity contribution is 7.89. The van der Waals surface area contributed by atoms with Crippen LogP contribution in [-0.4, -0.2) is 31.6 Å². The number of anilines is 1. The number of nitrogens with zero attached hydrogens (tertiary/aromatic N) is 2. The Bertz CT molecular complexity index is 643. The number of rotatable bonds is 3. The normalized spacial score (nSPS) is 23.2. The molecule has 0 radical (unpaired) electrons. The zero-order chi connectivity index (χ0) is 15.7. The molecule has 1 aliphatic heterocycles. The minimum absolute atomic E-state index is 0.0460. The van der Waals surface area contributed by atoms with E-state index in [1.54, 1.807) is 16.2 Å². The lowest BCUT2D eigenvalue weighted by molar-refractivity contribution is -0.117. The highest BCUT2D eigenvalue weighted by atomic mass is 32.2. The first-order valence-corrected chi connectivity index (χ1v) is 10.2. The molecular formula is C14H21N3O3S2. The highest BCUT2D eigenvalue weighted by Crippen LogP contribution is 2.34. The number of aromatic nitrogens is 1. The van der Waals surface area contributed by atoms with Crippen molar-refractivity contribution in [1.82, 2.24) is 4.98 Å². The maximum absolute atomic E-state index is 12.2. The number of thiazole rings is 1. The first-order chi connectivity index (χ1) is 10.4. The molecule has 3 rings (SSSR count). The van der Waals surface area contributed by atoms with Crippen LogP contribution in [0.3, 0.4) is 0 Å². The smallest absolute Gasteiger partial charge is 0.229 e. The van der Waals surface area contributed by atoms with Crippen LogP contribution in [0.1, 0.15) is 42.7 Å². The van der Waals surface area contributed by atoms with Gasteiger partial charge in [-0.1, -0.05) is 12.8 Å². The number of primary sulfonamides is 1. The molecule has 1 aromatic rings. The number of carbonyl (C=O) groups excluding carboxylic acids is 1. The van der Waals surface area contributed by atoms with Gasteiger partial charge in [-0.25, -0.2) is 18.5 Å². The summed E-state index contributed by atoms with van der Waals surface area (Å²) >= 11 is 1.59. The molecule has 1 unspecified atom stereocenters. The van der Waals surface area contributed by atoms with Crippen molar-refractivity contribution in [1.29, 1.82) is 0 Å². The molecule has 1 saturated heterocycles. The summed E-state index contributed by atoms with van der Waals surface area (Å²) in [5.41, 5.74) is 1.13. The van der Waals surface area contributed by atoms with Crippen LogP contribution in [0.25, 0.3) is 0 Å². The maximum Gasteiger partial charge on any atom is 0.229 e. The van der Waals surface area contributed by atoms with Gasteiger partial charge in [-0.3, -0.25) is 9.69 Å². The van der Waals surface area contributed by atoms with Crippen molar-refractivity contribution < 1.29 is 13.2 Å². The van der Waals surface area contributed by atoms with E-state index in [4.69, 9.17) is 5.14 Å². The molecule has 0 bridgehead atoms. The van der Waals surface area contributed by atoms with Crippen molar-refractivity contribution in [2.75, 3.05) is 17.2 Å². The van der Waals surface area contributed by atoms with Crippen molar-refractivity contribution >= 4 is 32.4 Å². The monoisotopic (exact) mass is 343 g/mol. The number of fused-ring (bicyclic) bond motifs is 1. The van der Waals surface area contributed by atoms with Gasteiger partial charge in [0, 0.05) is 23.8 Å². The molecule has 1 aliphatic carbocycles. The molecule has 1 aromatic heterocycles. The molecule has 0 spiro atoms. The summed E-state index contributed by atoms with van der Waals surface area (Å²) in [4.78, 5) is 19.8. The van der Waals surface area contributed by atoms with Crippen LogP contribution in [0.5, 0.6) is 0 Å². The predicted molar refractivity (Wildman–Crippen MR) is 86.4 cm³/mol. The van der Waals surface area contributed by atoms with E-state index in [-0.39, 0.29) is 24.0 Å². The van der Waals surface area contributed by atoms with E-state index in [1.807, 2.05) is 0 Å². The Labute approximate surface area is 134 Å². The third kappa shape index (κ3) is 3.67. The summed E-state index contributed by atoms with van der Waals surface area (Å²) < 4.78 is 22.4. The summed E-state index contributed by atoms with van der Waals surface area (Å²) in [5.74, 6) is -0.412. The summed E-state index contributed by atoms with van der Waals surface area (Å²) in [6, 6.07) is 0. The molecule has 1 amide bonds. The standard InChI is InChI=1S/C14H21N3O3S2/c15-22(19,20)9-10-7-13(18)17(8-10)14-16-11-5-3-1-2-4-6-12(11)21-14/h10H,1-9H2,(H2,15,19,20). The predicted octanol–water partition coefficient (Wildman–Crippen LogP) is 1.44. The molecule has 22 heavy (non-hydrogen) atoms. The van der Waals surface area contributed by atoms with Crippen molar-refractivity contribution in [3.63, 3.8) is 0 Å². The molecule has 6 nitrogen and oxygen atoms in total. The van der Waals surface area contributed by atoms with Crippen molar-refractivity contribution in [2.45, 2.75) is 44.9 Å². The number of nitrogens with two attached hydrogens (primary N) is 1. The second-order valence-corrected chi connectivity index (χ2v) is 8.91. The number of hydrogen-bond donors (Lipinski definition) is 1. The Hall–Kier alpha value is -0.990. The quantitative estimate of drug-likeness (QED) is 0.899. The molecular weight excluding hydrogens is 322 g/mol. The second-order valence-electron chi connectivity index (χ2n) is 6.18. The van der Waals surface area contributed by atoms with Crippen molar-refractivity contribution in [3.05, 3.63) is 10.6 Å². The molecule has 2 heterocycles. The van der Waals surface area contributed by atoms with Gasteiger partial charge in [0.1, 0.15) is 0 Å². The Kier molecular flexibility index (Phi) is 4.52. The van der Waals surface area contributed by atoms with Crippen LogP contribution in [0.2, 0.25) is 0 Å². The lowest BCUT2D eigenvalue weighted by atomic mass is 10.0. The van der Waals surface area contributed by atoms with Gasteiger partial charge >= 0.3 is 0 Å². The lowest BCUT2D eigenvalue weighted by Gasteiger charge is -2.12. The van der Waals surface area contributed by atoms with E-state index < -0.39 is 10.0 Å². The van der Waals surface area contributed by atoms with Gasteiger partial charge in [-0.15, -0.1) is 11.3 Å². The van der Waals surface area contributed by atoms with Gasteiger partial charge < -0.3 is 0 Å². The SMILES string of the molecule is NS(=O)(=O)CC1CC(=O)N(c2nc3c(s2)CCCCCC3)C1. The third-order valence-corrected chi connectivity index (χ3v) is 6.35. The molecule has 1 fully saturated rings. The number of sulfonamides is 1. The lowest BCUT2D eigenvalue weighted by Crippen LogP contribution is -2.27. The van der Waals surface area contributed by atoms with E-state index in [0.29, 0.717) is 6.54 Å². The zero-order valence-corrected chi connectivity index (χ0v) is 14.1. The van der Waals surface area contributed by atoms with Gasteiger partial charge in [-0.2, -0.15) is 0 Å². The molecule has 1 atom stereocenters. The fraction of sp³-hybridized carbons (Fsp3) is 0.714. The van der Waals surface area contributed by atoms with E-state index in [9.17, 15) is 13.2 Å². The first kappa shape index (κ1) is 15.9. The van der Waals surface area contributed by atoms with Gasteiger partial charge in [0.25, 0.3) is 0 Å². The summed E-state index contributed by atoms with van der Waals surface area (Å²) in [6.07, 6.45) is 7.08. The van der Waals surface area contributed by atoms with E-state index in [1.165, 1.54) is 24.1 Å². The van der Waals surface area contributed by atoms with Crippen molar-refractivity contribution in [2.24, 2.45) is 11.1 Å². The van der Waals surface area contributed by atoms with Gasteiger partial charge in [0.05, 0.1) is 11.4 Å². The molecule has 122 valence electrons. The van der Waals surface area contributed by atoms with Gasteiger partial charge in [0.15, 0.2) is 5.13 Å². The van der Waals surface area contributed by atoms with Gasteiger partial charge in [0.2, 0.25) is 15.9 Å². The van der Waals surface area contributed by atoms with Crippen LogP contribution in [-0.2, 0) is 27.7 Å². The number of amides is 1. The first-order valence-electron chi connectivity index (χ1n) is 7.72. The second kappa shape index (κ2) is 6.25. The van der Waals surface area contributed by atoms with E-state index in [2.05, 4.69) is 4.98 Å². The van der Waals surface area contributed by atoms with Crippen LogP contribution in [0.15, 0.2) is 0 Å². The number of aryl methyl sites for hydroxylation is 2. The minimum atomic E-state index is -3.54. The summed E-state index contributed by atoms with van der Waals surface area (Å²) in [6.45, 7) is 0.404. The molecule has 0 aromatic carbocycles. The summed E-state index contributed by atoms with van der Waals surface area (Å²) in [5, 5.41) is 5.82. The number of hydrogen-bond acceptors (Lipinski definition) is 5. The third-order valence-electron chi connectivity index (χ3n) is 4.24. The Morgan fingerprint density at radius 2 is 1.95 bits per heavy atom. The Balaban J connectivity index is 1.76. The van der Waals surface area contributed by atoms with Crippen LogP contribution in [0, 0.1) is 5.92 Å². The highest BCUT2D eigenvalue weighted by Gasteiger charge is 2.34. The van der Waals surface area contributed by atoms with E-state index >= 15 is 0 Å². The molecule has 2 aliphatic rings. The average Bonchev–Trinajstić information content (AvgIpc) is 2.91. The van der Waals surface area contributed by atoms with Crippen LogP contribution >= 0.6 is 11.3 Å². The Morgan fingerprint density at radius 3 is 2.68 bits per heavy atom. The molecule has 0 saturated carbocycles. The number of carbonyl (C=O) groups is 1. The summed E-state index contributed by atoms with van der Waals surface area (Å²) in [7, 11) is -3.54. The fourth-order valence-corrected chi connectivity index (χ4v) is 5.27. The largest absolute Gasteiger partial charge is 0.288 e. The topological polar surface area (TPSA) is 93.4 Å². The zero-order valence-electron chi connectivity index (χ0n) is 12.5. The van der Waals surface area contributed by atoms with E-state index in [0.717, 1.165) is 30.1 Å². The van der Waals surface area contributed by atoms with Crippen molar-refractivity contribution in [3.8, 4) is 0 Å². The van der Waals surface area contributed by atoms with Crippen LogP contribution < -0.4 is 10.0 Å². The Morgan fingerprint density at radius 1 is 1.23 bits per heavy atom. The molecule has 2 N–H and O–H groups in total. The molecule has 8 heteroatoms. The van der Waals surface area contributed by atoms with Gasteiger partial charge in [-0.05, 0) is 25.7 Å². The minimum Gasteiger partial charge on any atom is -0.288 e. The maximum atomic E-state index is 12.2.